The molecule has 1 aromatic heterocycles. The van der Waals surface area contributed by atoms with Gasteiger partial charge in [-0.15, -0.1) is 0 Å². The molecule has 6 heteroatoms. The highest BCUT2D eigenvalue weighted by Crippen LogP contribution is 2.39. The number of benzene rings is 1. The largest absolute Gasteiger partial charge is 0.368 e. The number of aromatic nitrogens is 2. The Morgan fingerprint density at radius 2 is 2.10 bits per heavy atom. The van der Waals surface area contributed by atoms with Crippen molar-refractivity contribution < 1.29 is 8.42 Å². The van der Waals surface area contributed by atoms with Crippen LogP contribution >= 0.6 is 0 Å². The number of rotatable bonds is 3. The molecule has 0 amide bonds. The van der Waals surface area contributed by atoms with Crippen LogP contribution in [-0.4, -0.2) is 25.2 Å². The fraction of sp³-hybridized carbons (Fsp3) is 0.357. The molecule has 0 unspecified atom stereocenters. The second-order valence-electron chi connectivity index (χ2n) is 5.46. The first kappa shape index (κ1) is 13.2. The highest BCUT2D eigenvalue weighted by Gasteiger charge is 2.31. The minimum absolute atomic E-state index is 0.00370. The molecule has 2 heterocycles. The smallest absolute Gasteiger partial charge is 0.183 e. The molecule has 3 rings (SSSR count). The van der Waals surface area contributed by atoms with Crippen molar-refractivity contribution in [2.24, 2.45) is 5.92 Å². The number of anilines is 1. The predicted molar refractivity (Wildman–Crippen MR) is 78.2 cm³/mol. The monoisotopic (exact) mass is 291 g/mol. The standard InChI is InChI=1S/C14H17N3O2S/c1-9(2)7-15-14-11-8-20(18,19)12-6-4-3-5-10(12)13(11)16-17-14/h3-6,9H,7-8H2,1-2H3,(H2,15,16,17). The van der Waals surface area contributed by atoms with E-state index in [0.717, 1.165) is 17.8 Å². The molecule has 5 nitrogen and oxygen atoms in total. The van der Waals surface area contributed by atoms with Gasteiger partial charge >= 0.3 is 0 Å². The summed E-state index contributed by atoms with van der Waals surface area (Å²) in [6.07, 6.45) is 0. The average molecular weight is 291 g/mol. The lowest BCUT2D eigenvalue weighted by Gasteiger charge is -2.17. The zero-order valence-electron chi connectivity index (χ0n) is 11.5. The molecule has 0 atom stereocenters. The Morgan fingerprint density at radius 3 is 2.85 bits per heavy atom. The van der Waals surface area contributed by atoms with Gasteiger partial charge in [-0.1, -0.05) is 32.0 Å². The Kier molecular flexibility index (Phi) is 3.05. The molecule has 106 valence electrons. The molecule has 1 aliphatic rings. The predicted octanol–water partition coefficient (Wildman–Crippen LogP) is 2.43. The summed E-state index contributed by atoms with van der Waals surface area (Å²) in [4.78, 5) is 0.381. The Labute approximate surface area is 118 Å². The molecule has 0 radical (unpaired) electrons. The van der Waals surface area contributed by atoms with E-state index in [2.05, 4.69) is 29.4 Å². The molecule has 0 bridgehead atoms. The van der Waals surface area contributed by atoms with E-state index >= 15 is 0 Å². The fourth-order valence-electron chi connectivity index (χ4n) is 2.39. The maximum absolute atomic E-state index is 12.4. The molecule has 2 N–H and O–H groups in total. The van der Waals surface area contributed by atoms with Crippen molar-refractivity contribution in [3.63, 3.8) is 0 Å². The van der Waals surface area contributed by atoms with Gasteiger partial charge in [-0.3, -0.25) is 5.10 Å². The van der Waals surface area contributed by atoms with Crippen LogP contribution in [0.3, 0.4) is 0 Å². The van der Waals surface area contributed by atoms with Gasteiger partial charge < -0.3 is 5.32 Å². The minimum Gasteiger partial charge on any atom is -0.368 e. The van der Waals surface area contributed by atoms with Crippen LogP contribution in [-0.2, 0) is 15.6 Å². The molecule has 20 heavy (non-hydrogen) atoms. The van der Waals surface area contributed by atoms with Crippen molar-refractivity contribution in [3.8, 4) is 11.3 Å². The maximum Gasteiger partial charge on any atom is 0.183 e. The number of sulfone groups is 1. The van der Waals surface area contributed by atoms with Gasteiger partial charge in [0.15, 0.2) is 15.7 Å². The number of nitrogens with zero attached hydrogens (tertiary/aromatic N) is 1. The van der Waals surface area contributed by atoms with E-state index in [1.165, 1.54) is 0 Å². The van der Waals surface area contributed by atoms with Crippen LogP contribution in [0.4, 0.5) is 5.82 Å². The topological polar surface area (TPSA) is 74.8 Å². The Hall–Kier alpha value is -1.82. The molecule has 0 aliphatic carbocycles. The SMILES string of the molecule is CC(C)CNc1n[nH]c2c1CS(=O)(=O)c1ccccc1-2. The highest BCUT2D eigenvalue weighted by atomic mass is 32.2. The van der Waals surface area contributed by atoms with Gasteiger partial charge in [0.1, 0.15) is 0 Å². The van der Waals surface area contributed by atoms with E-state index < -0.39 is 9.84 Å². The van der Waals surface area contributed by atoms with Gasteiger partial charge in [0.05, 0.1) is 16.3 Å². The molecule has 1 aromatic carbocycles. The first-order valence-electron chi connectivity index (χ1n) is 6.62. The molecule has 0 fully saturated rings. The maximum atomic E-state index is 12.4. The third-order valence-corrected chi connectivity index (χ3v) is 5.07. The molecule has 0 spiro atoms. The van der Waals surface area contributed by atoms with Gasteiger partial charge in [-0.2, -0.15) is 5.10 Å². The summed E-state index contributed by atoms with van der Waals surface area (Å²) in [5.41, 5.74) is 2.25. The van der Waals surface area contributed by atoms with Gasteiger partial charge in [-0.05, 0) is 12.0 Å². The van der Waals surface area contributed by atoms with Crippen molar-refractivity contribution in [3.05, 3.63) is 29.8 Å². The third-order valence-electron chi connectivity index (χ3n) is 3.37. The number of nitrogens with one attached hydrogen (secondary N) is 2. The van der Waals surface area contributed by atoms with E-state index in [1.54, 1.807) is 12.1 Å². The quantitative estimate of drug-likeness (QED) is 0.910. The number of aromatic amines is 1. The minimum atomic E-state index is -3.29. The van der Waals surface area contributed by atoms with E-state index in [1.807, 2.05) is 12.1 Å². The summed E-state index contributed by atoms with van der Waals surface area (Å²) in [6, 6.07) is 7.05. The molecule has 1 aliphatic heterocycles. The molecular formula is C14H17N3O2S. The number of fused-ring (bicyclic) bond motifs is 3. The van der Waals surface area contributed by atoms with Gasteiger partial charge in [-0.25, -0.2) is 8.42 Å². The highest BCUT2D eigenvalue weighted by molar-refractivity contribution is 7.90. The first-order chi connectivity index (χ1) is 9.49. The van der Waals surface area contributed by atoms with Gasteiger partial charge in [0.25, 0.3) is 0 Å². The van der Waals surface area contributed by atoms with Crippen molar-refractivity contribution in [1.82, 2.24) is 10.2 Å². The summed E-state index contributed by atoms with van der Waals surface area (Å²) >= 11 is 0. The van der Waals surface area contributed by atoms with Crippen LogP contribution in [0.15, 0.2) is 29.2 Å². The Balaban J connectivity index is 2.09. The van der Waals surface area contributed by atoms with Crippen LogP contribution in [0.1, 0.15) is 19.4 Å². The average Bonchev–Trinajstić information content (AvgIpc) is 2.79. The Bertz CT molecular complexity index is 748. The normalized spacial score (nSPS) is 15.8. The summed E-state index contributed by atoms with van der Waals surface area (Å²) in [5, 5.41) is 10.4. The van der Waals surface area contributed by atoms with Gasteiger partial charge in [0.2, 0.25) is 0 Å². The van der Waals surface area contributed by atoms with Crippen molar-refractivity contribution >= 4 is 15.7 Å². The Morgan fingerprint density at radius 1 is 1.35 bits per heavy atom. The second kappa shape index (κ2) is 4.63. The van der Waals surface area contributed by atoms with Crippen LogP contribution in [0.2, 0.25) is 0 Å². The zero-order valence-corrected chi connectivity index (χ0v) is 12.3. The van der Waals surface area contributed by atoms with Crippen LogP contribution in [0, 0.1) is 5.92 Å². The molecule has 0 saturated heterocycles. The zero-order chi connectivity index (χ0) is 14.3. The number of hydrogen-bond acceptors (Lipinski definition) is 4. The van der Waals surface area contributed by atoms with Crippen LogP contribution < -0.4 is 5.32 Å². The summed E-state index contributed by atoms with van der Waals surface area (Å²) < 4.78 is 24.7. The molecular weight excluding hydrogens is 274 g/mol. The molecule has 0 saturated carbocycles. The number of H-pyrrole nitrogens is 1. The fourth-order valence-corrected chi connectivity index (χ4v) is 4.00. The first-order valence-corrected chi connectivity index (χ1v) is 8.27. The van der Waals surface area contributed by atoms with Crippen molar-refractivity contribution in [2.45, 2.75) is 24.5 Å². The second-order valence-corrected chi connectivity index (χ2v) is 7.41. The molecule has 2 aromatic rings. The number of hydrogen-bond donors (Lipinski definition) is 2. The summed E-state index contributed by atoms with van der Waals surface area (Å²) in [5.74, 6) is 1.11. The van der Waals surface area contributed by atoms with E-state index in [4.69, 9.17) is 0 Å². The lowest BCUT2D eigenvalue weighted by Crippen LogP contribution is -2.15. The van der Waals surface area contributed by atoms with Crippen LogP contribution in [0.5, 0.6) is 0 Å². The summed E-state index contributed by atoms with van der Waals surface area (Å²) in [7, 11) is -3.29. The third kappa shape index (κ3) is 2.10. The van der Waals surface area contributed by atoms with Crippen molar-refractivity contribution in [1.29, 1.82) is 0 Å². The van der Waals surface area contributed by atoms with E-state index in [0.29, 0.717) is 22.2 Å². The van der Waals surface area contributed by atoms with Crippen molar-refractivity contribution in [2.75, 3.05) is 11.9 Å². The lowest BCUT2D eigenvalue weighted by molar-refractivity contribution is 0.594. The van der Waals surface area contributed by atoms with Crippen LogP contribution in [0.25, 0.3) is 11.3 Å². The van der Waals surface area contributed by atoms with Gasteiger partial charge in [0, 0.05) is 17.7 Å². The lowest BCUT2D eigenvalue weighted by atomic mass is 10.1. The summed E-state index contributed by atoms with van der Waals surface area (Å²) in [6.45, 7) is 4.95. The van der Waals surface area contributed by atoms with E-state index in [9.17, 15) is 8.42 Å². The van der Waals surface area contributed by atoms with E-state index in [-0.39, 0.29) is 5.75 Å².